The van der Waals surface area contributed by atoms with Crippen LogP contribution in [0, 0.1) is 13.8 Å². The van der Waals surface area contributed by atoms with Crippen LogP contribution in [0.25, 0.3) is 20.4 Å². The Bertz CT molecular complexity index is 1860. The minimum Gasteiger partial charge on any atom is -0.469 e. The Kier molecular flexibility index (Phi) is 11.2. The van der Waals surface area contributed by atoms with Crippen molar-refractivity contribution in [3.05, 3.63) is 62.5 Å². The van der Waals surface area contributed by atoms with Crippen molar-refractivity contribution in [1.29, 1.82) is 0 Å². The van der Waals surface area contributed by atoms with Crippen LogP contribution >= 0.6 is 34.3 Å². The first kappa shape index (κ1) is 33.3. The summed E-state index contributed by atoms with van der Waals surface area (Å²) in [6.07, 6.45) is 3.31. The lowest BCUT2D eigenvalue weighted by molar-refractivity contribution is -0.141. The van der Waals surface area contributed by atoms with Gasteiger partial charge in [-0.05, 0) is 56.5 Å². The van der Waals surface area contributed by atoms with Crippen molar-refractivity contribution in [2.75, 3.05) is 26.3 Å². The Labute approximate surface area is 279 Å². The zero-order chi connectivity index (χ0) is 32.6. The summed E-state index contributed by atoms with van der Waals surface area (Å²) in [6.45, 7) is 4.95. The summed E-state index contributed by atoms with van der Waals surface area (Å²) >= 11 is 9.35. The van der Waals surface area contributed by atoms with Gasteiger partial charge in [0.15, 0.2) is 11.5 Å². The fraction of sp³-hybridized carbons (Fsp3) is 0.375. The number of rotatable bonds is 11. The number of benzene rings is 1. The SMILES string of the molecule is COC(=O)CCCc1nc(Cl)c2cc(C)sc2n1.COC(=O)CCCc1nc(NCc2ccc3c(c2)OCO3)c2cc(C)sc2n1. The van der Waals surface area contributed by atoms with Crippen molar-refractivity contribution < 1.29 is 28.5 Å². The van der Waals surface area contributed by atoms with Crippen LogP contribution in [-0.4, -0.2) is 52.9 Å². The third-order valence-corrected chi connectivity index (χ3v) is 9.17. The molecule has 0 aliphatic carbocycles. The van der Waals surface area contributed by atoms with E-state index in [0.29, 0.717) is 56.0 Å². The van der Waals surface area contributed by atoms with Crippen LogP contribution in [-0.2, 0) is 38.4 Å². The van der Waals surface area contributed by atoms with Gasteiger partial charge in [0.05, 0.1) is 19.6 Å². The van der Waals surface area contributed by atoms with Gasteiger partial charge in [0, 0.05) is 47.4 Å². The zero-order valence-electron chi connectivity index (χ0n) is 26.0. The van der Waals surface area contributed by atoms with E-state index in [1.807, 2.05) is 31.2 Å². The van der Waals surface area contributed by atoms with E-state index in [2.05, 4.69) is 38.0 Å². The number of esters is 2. The number of nitrogens with zero attached hydrogens (tertiary/aromatic N) is 4. The van der Waals surface area contributed by atoms with Gasteiger partial charge >= 0.3 is 11.9 Å². The molecule has 0 saturated carbocycles. The predicted octanol–water partition coefficient (Wildman–Crippen LogP) is 6.99. The van der Waals surface area contributed by atoms with Gasteiger partial charge in [-0.25, -0.2) is 19.9 Å². The van der Waals surface area contributed by atoms with Gasteiger partial charge in [0.1, 0.15) is 32.3 Å². The molecule has 4 aromatic heterocycles. The second-order valence-electron chi connectivity index (χ2n) is 10.5. The van der Waals surface area contributed by atoms with Gasteiger partial charge in [0.2, 0.25) is 6.79 Å². The smallest absolute Gasteiger partial charge is 0.305 e. The molecule has 0 unspecified atom stereocenters. The zero-order valence-corrected chi connectivity index (χ0v) is 28.4. The van der Waals surface area contributed by atoms with Gasteiger partial charge in [-0.3, -0.25) is 9.59 Å². The van der Waals surface area contributed by atoms with Gasteiger partial charge < -0.3 is 24.3 Å². The molecule has 0 saturated heterocycles. The summed E-state index contributed by atoms with van der Waals surface area (Å²) in [7, 11) is 2.79. The van der Waals surface area contributed by atoms with Crippen molar-refractivity contribution in [3.63, 3.8) is 0 Å². The summed E-state index contributed by atoms with van der Waals surface area (Å²) in [4.78, 5) is 44.6. The molecule has 0 atom stereocenters. The maximum absolute atomic E-state index is 11.3. The number of halogens is 1. The monoisotopic (exact) mass is 683 g/mol. The Morgan fingerprint density at radius 2 is 1.41 bits per heavy atom. The largest absolute Gasteiger partial charge is 0.469 e. The molecule has 11 nitrogen and oxygen atoms in total. The Morgan fingerprint density at radius 1 is 0.826 bits per heavy atom. The maximum atomic E-state index is 11.3. The summed E-state index contributed by atoms with van der Waals surface area (Å²) in [5.74, 6) is 3.32. The first-order valence-electron chi connectivity index (χ1n) is 14.7. The fourth-order valence-electron chi connectivity index (χ4n) is 4.72. The van der Waals surface area contributed by atoms with Crippen molar-refractivity contribution in [2.24, 2.45) is 0 Å². The van der Waals surface area contributed by atoms with Crippen molar-refractivity contribution in [1.82, 2.24) is 19.9 Å². The molecule has 0 fully saturated rings. The fourth-order valence-corrected chi connectivity index (χ4v) is 6.81. The summed E-state index contributed by atoms with van der Waals surface area (Å²) in [5.41, 5.74) is 1.08. The molecular weight excluding hydrogens is 650 g/mol. The first-order valence-corrected chi connectivity index (χ1v) is 16.7. The molecule has 6 rings (SSSR count). The molecule has 1 N–H and O–H groups in total. The molecule has 0 spiro atoms. The van der Waals surface area contributed by atoms with E-state index in [1.165, 1.54) is 19.1 Å². The molecule has 1 aliphatic rings. The van der Waals surface area contributed by atoms with E-state index in [9.17, 15) is 9.59 Å². The van der Waals surface area contributed by atoms with Crippen LogP contribution in [0.5, 0.6) is 11.5 Å². The molecular formula is C32H34ClN5O6S2. The van der Waals surface area contributed by atoms with E-state index < -0.39 is 0 Å². The van der Waals surface area contributed by atoms with E-state index in [0.717, 1.165) is 54.0 Å². The number of methoxy groups -OCH3 is 2. The number of carbonyl (C=O) groups excluding carboxylic acids is 2. The average molecular weight is 684 g/mol. The van der Waals surface area contributed by atoms with E-state index in [-0.39, 0.29) is 18.7 Å². The Balaban J connectivity index is 0.000000200. The molecule has 5 heterocycles. The number of hydrogen-bond donors (Lipinski definition) is 1. The molecule has 14 heteroatoms. The highest BCUT2D eigenvalue weighted by Gasteiger charge is 2.15. The lowest BCUT2D eigenvalue weighted by Crippen LogP contribution is -2.06. The van der Waals surface area contributed by atoms with Crippen LogP contribution < -0.4 is 14.8 Å². The van der Waals surface area contributed by atoms with Crippen LogP contribution in [0.15, 0.2) is 30.3 Å². The molecule has 1 aliphatic heterocycles. The standard InChI is InChI=1S/C20H21N3O4S.C12H13ClN2O2S/c1-12-8-14-19(21-10-13-6-7-15-16(9-13)27-11-26-15)22-17(23-20(14)28-12)4-3-5-18(24)25-2;1-7-6-8-11(13)14-9(15-12(8)18-7)4-3-5-10(16)17-2/h6-9H,3-5,10-11H2,1-2H3,(H,21,22,23);6H,3-5H2,1-2H3. The van der Waals surface area contributed by atoms with Crippen LogP contribution in [0.4, 0.5) is 5.82 Å². The molecule has 1 aromatic carbocycles. The number of fused-ring (bicyclic) bond motifs is 3. The average Bonchev–Trinajstić information content (AvgIpc) is 3.77. The summed E-state index contributed by atoms with van der Waals surface area (Å²) in [5, 5.41) is 5.82. The lowest BCUT2D eigenvalue weighted by Gasteiger charge is -2.09. The molecule has 0 bridgehead atoms. The number of anilines is 1. The van der Waals surface area contributed by atoms with Gasteiger partial charge in [-0.15, -0.1) is 22.7 Å². The van der Waals surface area contributed by atoms with Crippen LogP contribution in [0.3, 0.4) is 0 Å². The van der Waals surface area contributed by atoms with Gasteiger partial charge in [-0.2, -0.15) is 0 Å². The van der Waals surface area contributed by atoms with E-state index in [1.54, 1.807) is 22.7 Å². The number of aryl methyl sites for hydroxylation is 4. The maximum Gasteiger partial charge on any atom is 0.305 e. The van der Waals surface area contributed by atoms with Crippen LogP contribution in [0.2, 0.25) is 5.15 Å². The Morgan fingerprint density at radius 3 is 2.07 bits per heavy atom. The number of ether oxygens (including phenoxy) is 4. The second-order valence-corrected chi connectivity index (χ2v) is 13.3. The highest BCUT2D eigenvalue weighted by Crippen LogP contribution is 2.34. The van der Waals surface area contributed by atoms with Gasteiger partial charge in [0.25, 0.3) is 0 Å². The van der Waals surface area contributed by atoms with Crippen LogP contribution in [0.1, 0.15) is 52.6 Å². The minimum atomic E-state index is -0.214. The van der Waals surface area contributed by atoms with Crippen molar-refractivity contribution >= 4 is 72.5 Å². The van der Waals surface area contributed by atoms with Crippen molar-refractivity contribution in [3.8, 4) is 11.5 Å². The highest BCUT2D eigenvalue weighted by atomic mass is 35.5. The quantitative estimate of drug-likeness (QED) is 0.114. The summed E-state index contributed by atoms with van der Waals surface area (Å²) < 4.78 is 20.1. The summed E-state index contributed by atoms with van der Waals surface area (Å²) in [6, 6.07) is 9.99. The van der Waals surface area contributed by atoms with E-state index >= 15 is 0 Å². The Hall–Kier alpha value is -4.07. The number of aromatic nitrogens is 4. The highest BCUT2D eigenvalue weighted by molar-refractivity contribution is 7.19. The molecule has 46 heavy (non-hydrogen) atoms. The predicted molar refractivity (Wildman–Crippen MR) is 179 cm³/mol. The third-order valence-electron chi connectivity index (χ3n) is 6.99. The third kappa shape index (κ3) is 8.59. The molecule has 242 valence electrons. The number of nitrogens with one attached hydrogen (secondary N) is 1. The van der Waals surface area contributed by atoms with E-state index in [4.69, 9.17) is 30.8 Å². The van der Waals surface area contributed by atoms with Crippen molar-refractivity contribution in [2.45, 2.75) is 58.9 Å². The minimum absolute atomic E-state index is 0.214. The first-order chi connectivity index (χ1) is 22.2. The number of thiophene rings is 2. The lowest BCUT2D eigenvalue weighted by atomic mass is 10.2. The molecule has 0 amide bonds. The normalized spacial score (nSPS) is 11.8. The molecule has 0 radical (unpaired) electrons. The van der Waals surface area contributed by atoms with Gasteiger partial charge in [-0.1, -0.05) is 17.7 Å². The second kappa shape index (κ2) is 15.5. The molecule has 5 aromatic rings. The number of hydrogen-bond acceptors (Lipinski definition) is 13. The topological polar surface area (TPSA) is 135 Å². The number of carbonyl (C=O) groups is 2.